The van der Waals surface area contributed by atoms with Crippen LogP contribution in [0, 0.1) is 0 Å². The molecule has 0 spiro atoms. The smallest absolute Gasteiger partial charge is 0.343 e. The molecule has 2 aromatic rings. The van der Waals surface area contributed by atoms with Gasteiger partial charge < -0.3 is 14.2 Å². The van der Waals surface area contributed by atoms with Crippen molar-refractivity contribution in [2.45, 2.75) is 19.8 Å². The fourth-order valence-electron chi connectivity index (χ4n) is 3.52. The fraction of sp³-hybridized carbons (Fsp3) is 0.231. The normalized spacial score (nSPS) is 14.5. The molecular weight excluding hydrogens is 468 g/mol. The Morgan fingerprint density at radius 2 is 1.89 bits per heavy atom. The van der Waals surface area contributed by atoms with Gasteiger partial charge in [-0.3, -0.25) is 19.8 Å². The van der Waals surface area contributed by atoms with Crippen molar-refractivity contribution in [2.75, 3.05) is 25.7 Å². The molecule has 1 aliphatic heterocycles. The van der Waals surface area contributed by atoms with Crippen LogP contribution in [0.1, 0.15) is 23.6 Å². The van der Waals surface area contributed by atoms with Crippen molar-refractivity contribution in [3.8, 4) is 11.5 Å². The lowest BCUT2D eigenvalue weighted by Gasteiger charge is -2.29. The van der Waals surface area contributed by atoms with Gasteiger partial charge in [-0.2, -0.15) is 0 Å². The van der Waals surface area contributed by atoms with Gasteiger partial charge >= 0.3 is 5.97 Å². The molecule has 0 aliphatic carbocycles. The number of benzene rings is 2. The molecule has 1 saturated heterocycles. The first-order valence-electron chi connectivity index (χ1n) is 10.8. The summed E-state index contributed by atoms with van der Waals surface area (Å²) in [6.45, 7) is 5.49. The van der Waals surface area contributed by atoms with E-state index in [0.717, 1.165) is 12.0 Å². The van der Waals surface area contributed by atoms with Crippen molar-refractivity contribution in [1.29, 1.82) is 0 Å². The van der Waals surface area contributed by atoms with E-state index in [1.54, 1.807) is 30.3 Å². The third-order valence-corrected chi connectivity index (χ3v) is 5.60. The lowest BCUT2D eigenvalue weighted by atomic mass is 10.0. The number of thiocarbonyl (C=S) groups is 1. The van der Waals surface area contributed by atoms with Crippen LogP contribution in [0.25, 0.3) is 6.08 Å². The van der Waals surface area contributed by atoms with Gasteiger partial charge in [-0.1, -0.05) is 25.1 Å². The molecule has 0 unspecified atom stereocenters. The van der Waals surface area contributed by atoms with Gasteiger partial charge in [-0.25, -0.2) is 4.79 Å². The molecule has 182 valence electrons. The predicted octanol–water partition coefficient (Wildman–Crippen LogP) is 3.37. The number of nitrogens with zero attached hydrogens (tertiary/aromatic N) is 1. The number of ether oxygens (including phenoxy) is 3. The van der Waals surface area contributed by atoms with E-state index >= 15 is 0 Å². The monoisotopic (exact) mass is 494 g/mol. The molecule has 2 aromatic carbocycles. The van der Waals surface area contributed by atoms with Crippen LogP contribution in [0.3, 0.4) is 0 Å². The summed E-state index contributed by atoms with van der Waals surface area (Å²) in [7, 11) is 2.72. The molecule has 0 saturated carbocycles. The molecule has 1 fully saturated rings. The van der Waals surface area contributed by atoms with Gasteiger partial charge in [-0.05, 0) is 66.5 Å². The SMILES string of the molecule is C=CCc1cc(C=C2C(=O)NC(=S)N(c3ccc(CC)cc3)C2=O)cc(OC)c1OCC(=O)OC. The highest BCUT2D eigenvalue weighted by Gasteiger charge is 2.34. The molecule has 35 heavy (non-hydrogen) atoms. The predicted molar refractivity (Wildman–Crippen MR) is 136 cm³/mol. The maximum Gasteiger partial charge on any atom is 0.343 e. The van der Waals surface area contributed by atoms with Gasteiger partial charge in [0.2, 0.25) is 0 Å². The summed E-state index contributed by atoms with van der Waals surface area (Å²) in [5, 5.41) is 2.59. The Balaban J connectivity index is 2.01. The van der Waals surface area contributed by atoms with Gasteiger partial charge in [0.1, 0.15) is 5.57 Å². The second-order valence-corrected chi connectivity index (χ2v) is 7.93. The average Bonchev–Trinajstić information content (AvgIpc) is 2.85. The molecule has 9 heteroatoms. The quantitative estimate of drug-likeness (QED) is 0.188. The van der Waals surface area contributed by atoms with Crippen molar-refractivity contribution in [3.63, 3.8) is 0 Å². The Morgan fingerprint density at radius 1 is 1.17 bits per heavy atom. The average molecular weight is 495 g/mol. The topological polar surface area (TPSA) is 94.2 Å². The molecule has 1 N–H and O–H groups in total. The van der Waals surface area contributed by atoms with E-state index in [-0.39, 0.29) is 17.3 Å². The van der Waals surface area contributed by atoms with Crippen LogP contribution in [0.4, 0.5) is 5.69 Å². The third kappa shape index (κ3) is 5.75. The lowest BCUT2D eigenvalue weighted by Crippen LogP contribution is -2.54. The van der Waals surface area contributed by atoms with Crippen LogP contribution in [0.5, 0.6) is 11.5 Å². The van der Waals surface area contributed by atoms with Crippen LogP contribution in [0.15, 0.2) is 54.6 Å². The first-order chi connectivity index (χ1) is 16.8. The summed E-state index contributed by atoms with van der Waals surface area (Å²) in [6, 6.07) is 10.7. The van der Waals surface area contributed by atoms with Gasteiger partial charge in [-0.15, -0.1) is 6.58 Å². The van der Waals surface area contributed by atoms with Crippen LogP contribution in [0.2, 0.25) is 0 Å². The standard InChI is InChI=1S/C26H26N2O6S/c1-5-7-18-12-17(14-21(32-3)23(18)34-15-22(29)33-4)13-20-24(30)27-26(35)28(25(20)31)19-10-8-16(6-2)9-11-19/h5,8-14H,1,6-7,15H2,2-4H3,(H,27,30,35). The van der Waals surface area contributed by atoms with E-state index in [4.69, 9.17) is 21.7 Å². The second kappa shape index (κ2) is 11.4. The molecular formula is C26H26N2O6S. The largest absolute Gasteiger partial charge is 0.493 e. The van der Waals surface area contributed by atoms with Crippen LogP contribution in [-0.4, -0.2) is 43.7 Å². The molecule has 0 radical (unpaired) electrons. The number of methoxy groups -OCH3 is 2. The number of hydrogen-bond donors (Lipinski definition) is 1. The summed E-state index contributed by atoms with van der Waals surface area (Å²) in [5.41, 5.74) is 2.76. The van der Waals surface area contributed by atoms with E-state index in [0.29, 0.717) is 34.7 Å². The van der Waals surface area contributed by atoms with E-state index in [1.165, 1.54) is 25.2 Å². The summed E-state index contributed by atoms with van der Waals surface area (Å²) in [5.74, 6) is -1.02. The highest BCUT2D eigenvalue weighted by molar-refractivity contribution is 7.80. The summed E-state index contributed by atoms with van der Waals surface area (Å²) in [6.07, 6.45) is 4.38. The molecule has 1 heterocycles. The number of aryl methyl sites for hydroxylation is 1. The Labute approximate surface area is 209 Å². The van der Waals surface area contributed by atoms with Crippen molar-refractivity contribution in [2.24, 2.45) is 0 Å². The molecule has 2 amide bonds. The van der Waals surface area contributed by atoms with Gasteiger partial charge in [0.05, 0.1) is 19.9 Å². The molecule has 1 aliphatic rings. The number of carbonyl (C=O) groups excluding carboxylic acids is 3. The second-order valence-electron chi connectivity index (χ2n) is 7.55. The zero-order chi connectivity index (χ0) is 25.5. The number of carbonyl (C=O) groups is 3. The van der Waals surface area contributed by atoms with Crippen LogP contribution >= 0.6 is 12.2 Å². The lowest BCUT2D eigenvalue weighted by molar-refractivity contribution is -0.143. The van der Waals surface area contributed by atoms with E-state index < -0.39 is 17.8 Å². The Bertz CT molecular complexity index is 1200. The van der Waals surface area contributed by atoms with Crippen molar-refractivity contribution in [1.82, 2.24) is 5.32 Å². The minimum absolute atomic E-state index is 0.0119. The highest BCUT2D eigenvalue weighted by atomic mass is 32.1. The maximum atomic E-state index is 13.3. The fourth-order valence-corrected chi connectivity index (χ4v) is 3.80. The van der Waals surface area contributed by atoms with E-state index in [1.807, 2.05) is 19.1 Å². The van der Waals surface area contributed by atoms with E-state index in [2.05, 4.69) is 16.6 Å². The highest BCUT2D eigenvalue weighted by Crippen LogP contribution is 2.35. The van der Waals surface area contributed by atoms with Crippen LogP contribution < -0.4 is 19.7 Å². The van der Waals surface area contributed by atoms with Crippen molar-refractivity contribution in [3.05, 3.63) is 71.3 Å². The van der Waals surface area contributed by atoms with Crippen molar-refractivity contribution >= 4 is 46.9 Å². The third-order valence-electron chi connectivity index (χ3n) is 5.32. The number of amides is 2. The molecule has 0 atom stereocenters. The number of rotatable bonds is 9. The first-order valence-corrected chi connectivity index (χ1v) is 11.3. The van der Waals surface area contributed by atoms with Crippen molar-refractivity contribution < 1.29 is 28.6 Å². The molecule has 0 aromatic heterocycles. The number of esters is 1. The van der Waals surface area contributed by atoms with E-state index in [9.17, 15) is 14.4 Å². The first kappa shape index (κ1) is 25.6. The number of nitrogens with one attached hydrogen (secondary N) is 1. The van der Waals surface area contributed by atoms with Gasteiger partial charge in [0, 0.05) is 5.56 Å². The Kier molecular flexibility index (Phi) is 8.38. The van der Waals surface area contributed by atoms with Gasteiger partial charge in [0.25, 0.3) is 11.8 Å². The van der Waals surface area contributed by atoms with Crippen LogP contribution in [-0.2, 0) is 32.0 Å². The maximum absolute atomic E-state index is 13.3. The Hall–Kier alpha value is -3.98. The van der Waals surface area contributed by atoms with Gasteiger partial charge in [0.15, 0.2) is 23.2 Å². The minimum Gasteiger partial charge on any atom is -0.493 e. The summed E-state index contributed by atoms with van der Waals surface area (Å²) < 4.78 is 15.7. The summed E-state index contributed by atoms with van der Waals surface area (Å²) >= 11 is 5.27. The zero-order valence-electron chi connectivity index (χ0n) is 19.8. The minimum atomic E-state index is -0.600. The Morgan fingerprint density at radius 3 is 2.49 bits per heavy atom. The number of hydrogen-bond acceptors (Lipinski definition) is 7. The molecule has 8 nitrogen and oxygen atoms in total. The molecule has 3 rings (SSSR count). The number of anilines is 1. The number of allylic oxidation sites excluding steroid dienone is 1. The molecule has 0 bridgehead atoms. The summed E-state index contributed by atoms with van der Waals surface area (Å²) in [4.78, 5) is 38.9. The zero-order valence-corrected chi connectivity index (χ0v) is 20.6.